The van der Waals surface area contributed by atoms with Crippen molar-refractivity contribution in [3.05, 3.63) is 48.6 Å². The van der Waals surface area contributed by atoms with E-state index < -0.39 is 52.7 Å². The molecule has 4 heterocycles. The van der Waals surface area contributed by atoms with Crippen molar-refractivity contribution in [2.75, 3.05) is 132 Å². The lowest BCUT2D eigenvalue weighted by molar-refractivity contribution is -0.139. The quantitative estimate of drug-likeness (QED) is 0.0520. The third kappa shape index (κ3) is 14.9. The van der Waals surface area contributed by atoms with E-state index in [-0.39, 0.29) is 132 Å². The number of nitrogens with zero attached hydrogens (tertiary/aromatic N) is 4. The topological polar surface area (TPSA) is 223 Å². The standard InChI is InChI=1S/C37H48N4O16/c42-29-1-2-30(43)38(29)9-13-50-17-21-54-25-37(26-55-22-18-51-14-10-39-31(44)3-4-32(39)45,27-56-23-19-52-15-11-40-33(46)5-6-34(40)47)28-57-24-20-53-16-12-41-35(48)7-8-36(41)49/h1-8H,9-28H2. The van der Waals surface area contributed by atoms with Gasteiger partial charge in [0.2, 0.25) is 0 Å². The molecule has 0 unspecified atom stereocenters. The molecule has 8 amide bonds. The molecule has 20 nitrogen and oxygen atoms in total. The molecule has 4 aliphatic heterocycles. The van der Waals surface area contributed by atoms with Crippen molar-refractivity contribution in [1.29, 1.82) is 0 Å². The second-order valence-electron chi connectivity index (χ2n) is 12.8. The minimum Gasteiger partial charge on any atom is -0.378 e. The summed E-state index contributed by atoms with van der Waals surface area (Å²) in [7, 11) is 0. The van der Waals surface area contributed by atoms with Gasteiger partial charge in [0.05, 0.1) is 137 Å². The largest absolute Gasteiger partial charge is 0.378 e. The van der Waals surface area contributed by atoms with Crippen LogP contribution in [0.3, 0.4) is 0 Å². The van der Waals surface area contributed by atoms with Crippen molar-refractivity contribution in [2.24, 2.45) is 5.41 Å². The highest BCUT2D eigenvalue weighted by Crippen LogP contribution is 2.21. The molecule has 0 aromatic heterocycles. The Balaban J connectivity index is 1.25. The summed E-state index contributed by atoms with van der Waals surface area (Å²) in [5.41, 5.74) is -0.889. The van der Waals surface area contributed by atoms with Crippen molar-refractivity contribution in [1.82, 2.24) is 19.6 Å². The molecule has 0 saturated heterocycles. The molecule has 0 aliphatic carbocycles. The van der Waals surface area contributed by atoms with Crippen LogP contribution in [-0.2, 0) is 76.3 Å². The van der Waals surface area contributed by atoms with Gasteiger partial charge in [0.25, 0.3) is 47.3 Å². The maximum Gasteiger partial charge on any atom is 0.253 e. The van der Waals surface area contributed by atoms with E-state index in [9.17, 15) is 38.4 Å². The highest BCUT2D eigenvalue weighted by atomic mass is 16.6. The van der Waals surface area contributed by atoms with Gasteiger partial charge in [-0.05, 0) is 0 Å². The maximum atomic E-state index is 11.8. The Hall–Kier alpha value is -4.80. The van der Waals surface area contributed by atoms with Crippen molar-refractivity contribution in [2.45, 2.75) is 0 Å². The van der Waals surface area contributed by atoms with E-state index in [2.05, 4.69) is 0 Å². The monoisotopic (exact) mass is 804 g/mol. The first-order valence-corrected chi connectivity index (χ1v) is 18.4. The van der Waals surface area contributed by atoms with Crippen LogP contribution in [0.25, 0.3) is 0 Å². The molecular weight excluding hydrogens is 756 g/mol. The predicted octanol–water partition coefficient (Wildman–Crippen LogP) is -2.19. The fourth-order valence-electron chi connectivity index (χ4n) is 5.51. The molecule has 0 aromatic carbocycles. The number of hydrogen-bond donors (Lipinski definition) is 0. The van der Waals surface area contributed by atoms with Crippen LogP contribution in [0.1, 0.15) is 0 Å². The summed E-state index contributed by atoms with van der Waals surface area (Å²) in [5, 5.41) is 0. The first-order valence-electron chi connectivity index (χ1n) is 18.4. The van der Waals surface area contributed by atoms with Gasteiger partial charge in [0.1, 0.15) is 0 Å². The van der Waals surface area contributed by atoms with Crippen LogP contribution in [0.5, 0.6) is 0 Å². The first-order chi connectivity index (χ1) is 27.6. The molecule has 20 heteroatoms. The second kappa shape index (κ2) is 24.1. The zero-order chi connectivity index (χ0) is 40.9. The molecule has 0 bridgehead atoms. The van der Waals surface area contributed by atoms with E-state index in [1.165, 1.54) is 48.6 Å². The van der Waals surface area contributed by atoms with E-state index >= 15 is 0 Å². The van der Waals surface area contributed by atoms with Crippen LogP contribution in [0, 0.1) is 5.41 Å². The molecule has 0 radical (unpaired) electrons. The summed E-state index contributed by atoms with van der Waals surface area (Å²) in [6.45, 7) is 2.39. The van der Waals surface area contributed by atoms with Gasteiger partial charge >= 0.3 is 0 Å². The fourth-order valence-corrected chi connectivity index (χ4v) is 5.51. The molecule has 0 spiro atoms. The lowest BCUT2D eigenvalue weighted by Crippen LogP contribution is -2.43. The third-order valence-corrected chi connectivity index (χ3v) is 8.56. The first kappa shape index (κ1) is 44.9. The maximum absolute atomic E-state index is 11.8. The van der Waals surface area contributed by atoms with Gasteiger partial charge in [-0.3, -0.25) is 58.0 Å². The Bertz CT molecular complexity index is 1270. The lowest BCUT2D eigenvalue weighted by atomic mass is 9.92. The molecule has 0 atom stereocenters. The molecule has 4 aliphatic rings. The van der Waals surface area contributed by atoms with Crippen LogP contribution in [0.4, 0.5) is 0 Å². The van der Waals surface area contributed by atoms with Gasteiger partial charge in [-0.25, -0.2) is 0 Å². The van der Waals surface area contributed by atoms with Crippen molar-refractivity contribution < 1.29 is 76.3 Å². The summed E-state index contributed by atoms with van der Waals surface area (Å²) in [6.07, 6.45) is 9.60. The van der Waals surface area contributed by atoms with Crippen molar-refractivity contribution in [3.63, 3.8) is 0 Å². The predicted molar refractivity (Wildman–Crippen MR) is 192 cm³/mol. The molecule has 0 N–H and O–H groups in total. The normalized spacial score (nSPS) is 16.8. The summed E-state index contributed by atoms with van der Waals surface area (Å²) >= 11 is 0. The summed E-state index contributed by atoms with van der Waals surface area (Å²) < 4.78 is 46.2. The van der Waals surface area contributed by atoms with Crippen LogP contribution < -0.4 is 0 Å². The third-order valence-electron chi connectivity index (χ3n) is 8.56. The summed E-state index contributed by atoms with van der Waals surface area (Å²) in [4.78, 5) is 98.4. The summed E-state index contributed by atoms with van der Waals surface area (Å²) in [6, 6.07) is 0. The Morgan fingerprint density at radius 2 is 0.456 bits per heavy atom. The number of amides is 8. The van der Waals surface area contributed by atoms with Gasteiger partial charge in [0.15, 0.2) is 0 Å². The fraction of sp³-hybridized carbons (Fsp3) is 0.568. The van der Waals surface area contributed by atoms with E-state index in [1.54, 1.807) is 0 Å². The zero-order valence-electron chi connectivity index (χ0n) is 31.6. The molecule has 0 fully saturated rings. The van der Waals surface area contributed by atoms with Crippen molar-refractivity contribution >= 4 is 47.3 Å². The lowest BCUT2D eigenvalue weighted by Gasteiger charge is -2.33. The van der Waals surface area contributed by atoms with Crippen LogP contribution in [-0.4, -0.2) is 199 Å². The van der Waals surface area contributed by atoms with Gasteiger partial charge in [0, 0.05) is 48.6 Å². The summed E-state index contributed by atoms with van der Waals surface area (Å²) in [5.74, 6) is -3.20. The van der Waals surface area contributed by atoms with Gasteiger partial charge < -0.3 is 37.9 Å². The molecule has 312 valence electrons. The average molecular weight is 805 g/mol. The number of imide groups is 4. The highest BCUT2D eigenvalue weighted by Gasteiger charge is 2.33. The van der Waals surface area contributed by atoms with Crippen LogP contribution in [0.15, 0.2) is 48.6 Å². The molecule has 0 aromatic rings. The highest BCUT2D eigenvalue weighted by molar-refractivity contribution is 6.14. The Morgan fingerprint density at radius 3 is 0.649 bits per heavy atom. The molecule has 4 rings (SSSR count). The number of carbonyl (C=O) groups excluding carboxylic acids is 8. The molecule has 0 saturated carbocycles. The van der Waals surface area contributed by atoms with E-state index in [0.717, 1.165) is 19.6 Å². The number of ether oxygens (including phenoxy) is 8. The smallest absolute Gasteiger partial charge is 0.253 e. The SMILES string of the molecule is O=C1C=CC(=O)N1CCOCCOCC(COCCOCCN1C(=O)C=CC1=O)(COCCOCCN1C(=O)C=CC1=O)COCCOCCN1C(=O)C=CC1=O. The van der Waals surface area contributed by atoms with Crippen LogP contribution in [0.2, 0.25) is 0 Å². The minimum absolute atomic E-state index is 0.0799. The Kier molecular flexibility index (Phi) is 19.0. The van der Waals surface area contributed by atoms with Gasteiger partial charge in [-0.2, -0.15) is 0 Å². The van der Waals surface area contributed by atoms with Crippen LogP contribution >= 0.6 is 0 Å². The van der Waals surface area contributed by atoms with E-state index in [1.807, 2.05) is 0 Å². The average Bonchev–Trinajstić information content (AvgIpc) is 3.91. The Morgan fingerprint density at radius 1 is 0.281 bits per heavy atom. The molecular formula is C37H48N4O16. The Labute approximate surface area is 328 Å². The van der Waals surface area contributed by atoms with E-state index in [4.69, 9.17) is 37.9 Å². The minimum atomic E-state index is -0.889. The molecule has 57 heavy (non-hydrogen) atoms. The van der Waals surface area contributed by atoms with Gasteiger partial charge in [-0.1, -0.05) is 0 Å². The van der Waals surface area contributed by atoms with Gasteiger partial charge in [-0.15, -0.1) is 0 Å². The number of carbonyl (C=O) groups is 8. The second-order valence-corrected chi connectivity index (χ2v) is 12.8. The number of hydrogen-bond acceptors (Lipinski definition) is 16. The zero-order valence-corrected chi connectivity index (χ0v) is 31.6. The number of rotatable bonds is 32. The van der Waals surface area contributed by atoms with Crippen molar-refractivity contribution in [3.8, 4) is 0 Å². The van der Waals surface area contributed by atoms with E-state index in [0.29, 0.717) is 0 Å².